The molecule has 130 valence electrons. The molecule has 0 unspecified atom stereocenters. The van der Waals surface area contributed by atoms with Crippen LogP contribution in [0.25, 0.3) is 0 Å². The number of amides is 1. The van der Waals surface area contributed by atoms with E-state index in [-0.39, 0.29) is 12.3 Å². The van der Waals surface area contributed by atoms with E-state index in [1.807, 2.05) is 43.3 Å². The summed E-state index contributed by atoms with van der Waals surface area (Å²) >= 11 is 0. The second kappa shape index (κ2) is 7.47. The van der Waals surface area contributed by atoms with Crippen molar-refractivity contribution in [3.63, 3.8) is 0 Å². The zero-order valence-electron chi connectivity index (χ0n) is 14.3. The summed E-state index contributed by atoms with van der Waals surface area (Å²) in [5.74, 6) is -1.40. The van der Waals surface area contributed by atoms with Crippen molar-refractivity contribution in [2.75, 3.05) is 6.54 Å². The van der Waals surface area contributed by atoms with Gasteiger partial charge in [0.05, 0.1) is 12.0 Å². The van der Waals surface area contributed by atoms with E-state index < -0.39 is 17.9 Å². The molecule has 1 saturated heterocycles. The van der Waals surface area contributed by atoms with Crippen LogP contribution in [0.4, 0.5) is 0 Å². The Kier molecular flexibility index (Phi) is 5.12. The molecule has 0 radical (unpaired) electrons. The molecule has 0 aliphatic carbocycles. The number of carbonyl (C=O) groups excluding carboxylic acids is 1. The van der Waals surface area contributed by atoms with Gasteiger partial charge in [0.2, 0.25) is 5.91 Å². The highest BCUT2D eigenvalue weighted by Crippen LogP contribution is 2.37. The molecule has 5 heteroatoms. The van der Waals surface area contributed by atoms with Crippen LogP contribution in [0.5, 0.6) is 0 Å². The molecule has 1 aliphatic heterocycles. The van der Waals surface area contributed by atoms with E-state index in [1.54, 1.807) is 17.3 Å². The molecule has 1 fully saturated rings. The number of aromatic nitrogens is 1. The van der Waals surface area contributed by atoms with Crippen LogP contribution in [0.1, 0.15) is 35.6 Å². The number of rotatable bonds is 5. The number of pyridine rings is 1. The Morgan fingerprint density at radius 3 is 2.68 bits per heavy atom. The molecule has 1 aromatic carbocycles. The maximum Gasteiger partial charge on any atom is 0.308 e. The van der Waals surface area contributed by atoms with E-state index in [2.05, 4.69) is 4.98 Å². The van der Waals surface area contributed by atoms with E-state index in [0.717, 1.165) is 16.7 Å². The SMILES string of the molecule is Cc1ccc([C@H]2[C@H](C(=O)O)CCC(=O)N2CCc2cccnc2)cc1. The Bertz CT molecular complexity index is 743. The Labute approximate surface area is 147 Å². The van der Waals surface area contributed by atoms with E-state index >= 15 is 0 Å². The van der Waals surface area contributed by atoms with Crippen LogP contribution in [-0.4, -0.2) is 33.4 Å². The van der Waals surface area contributed by atoms with Gasteiger partial charge in [-0.25, -0.2) is 0 Å². The van der Waals surface area contributed by atoms with Crippen LogP contribution in [0.2, 0.25) is 0 Å². The van der Waals surface area contributed by atoms with Gasteiger partial charge in [0, 0.05) is 25.4 Å². The second-order valence-electron chi connectivity index (χ2n) is 6.54. The van der Waals surface area contributed by atoms with Crippen molar-refractivity contribution in [1.82, 2.24) is 9.88 Å². The Hall–Kier alpha value is -2.69. The highest BCUT2D eigenvalue weighted by molar-refractivity contribution is 5.81. The number of hydrogen-bond donors (Lipinski definition) is 1. The number of carboxylic acids is 1. The van der Waals surface area contributed by atoms with Crippen LogP contribution >= 0.6 is 0 Å². The molecule has 0 bridgehead atoms. The highest BCUT2D eigenvalue weighted by Gasteiger charge is 2.40. The molecule has 1 aromatic heterocycles. The van der Waals surface area contributed by atoms with E-state index in [0.29, 0.717) is 19.4 Å². The normalized spacial score (nSPS) is 20.5. The van der Waals surface area contributed by atoms with Crippen molar-refractivity contribution >= 4 is 11.9 Å². The average molecular weight is 338 g/mol. The fraction of sp³-hybridized carbons (Fsp3) is 0.350. The van der Waals surface area contributed by atoms with E-state index in [1.165, 1.54) is 0 Å². The minimum atomic E-state index is -0.843. The molecule has 1 aliphatic rings. The van der Waals surface area contributed by atoms with Crippen LogP contribution in [-0.2, 0) is 16.0 Å². The van der Waals surface area contributed by atoms with E-state index in [4.69, 9.17) is 0 Å². The van der Waals surface area contributed by atoms with Crippen molar-refractivity contribution < 1.29 is 14.7 Å². The number of carbonyl (C=O) groups is 2. The molecule has 0 saturated carbocycles. The first-order valence-electron chi connectivity index (χ1n) is 8.54. The quantitative estimate of drug-likeness (QED) is 0.910. The van der Waals surface area contributed by atoms with Gasteiger partial charge in [0.25, 0.3) is 0 Å². The maximum atomic E-state index is 12.6. The number of benzene rings is 1. The summed E-state index contributed by atoms with van der Waals surface area (Å²) in [5, 5.41) is 9.67. The fourth-order valence-corrected chi connectivity index (χ4v) is 3.45. The summed E-state index contributed by atoms with van der Waals surface area (Å²) in [7, 11) is 0. The summed E-state index contributed by atoms with van der Waals surface area (Å²) < 4.78 is 0. The molecule has 1 N–H and O–H groups in total. The van der Waals surface area contributed by atoms with Gasteiger partial charge in [0.15, 0.2) is 0 Å². The lowest BCUT2D eigenvalue weighted by molar-refractivity contribution is -0.152. The van der Waals surface area contributed by atoms with Gasteiger partial charge in [-0.2, -0.15) is 0 Å². The minimum Gasteiger partial charge on any atom is -0.481 e. The molecule has 2 aromatic rings. The Balaban J connectivity index is 1.88. The van der Waals surface area contributed by atoms with Gasteiger partial charge < -0.3 is 10.0 Å². The fourth-order valence-electron chi connectivity index (χ4n) is 3.45. The maximum absolute atomic E-state index is 12.6. The van der Waals surface area contributed by atoms with Crippen molar-refractivity contribution in [1.29, 1.82) is 0 Å². The number of aliphatic carboxylic acids is 1. The summed E-state index contributed by atoms with van der Waals surface area (Å²) in [6.07, 6.45) is 4.83. The van der Waals surface area contributed by atoms with Gasteiger partial charge in [-0.15, -0.1) is 0 Å². The molecule has 25 heavy (non-hydrogen) atoms. The molecule has 2 atom stereocenters. The molecule has 3 rings (SSSR count). The molecular formula is C20H22N2O3. The number of carboxylic acid groups (broad SMARTS) is 1. The van der Waals surface area contributed by atoms with Crippen LogP contribution in [0.3, 0.4) is 0 Å². The zero-order chi connectivity index (χ0) is 17.8. The predicted molar refractivity (Wildman–Crippen MR) is 93.9 cm³/mol. The van der Waals surface area contributed by atoms with Gasteiger partial charge >= 0.3 is 5.97 Å². The molecule has 5 nitrogen and oxygen atoms in total. The third-order valence-corrected chi connectivity index (χ3v) is 4.81. The summed E-state index contributed by atoms with van der Waals surface area (Å²) in [5.41, 5.74) is 3.03. The van der Waals surface area contributed by atoms with Crippen LogP contribution < -0.4 is 0 Å². The predicted octanol–water partition coefficient (Wildman–Crippen LogP) is 3.00. The average Bonchev–Trinajstić information content (AvgIpc) is 2.62. The Morgan fingerprint density at radius 1 is 1.28 bits per heavy atom. The van der Waals surface area contributed by atoms with E-state index in [9.17, 15) is 14.7 Å². The first kappa shape index (κ1) is 17.1. The number of hydrogen-bond acceptors (Lipinski definition) is 3. The lowest BCUT2D eigenvalue weighted by Gasteiger charge is -2.40. The van der Waals surface area contributed by atoms with Gasteiger partial charge in [-0.05, 0) is 37.0 Å². The number of piperidine rings is 1. The highest BCUT2D eigenvalue weighted by atomic mass is 16.4. The topological polar surface area (TPSA) is 70.5 Å². The van der Waals surface area contributed by atoms with Crippen LogP contribution in [0, 0.1) is 12.8 Å². The van der Waals surface area contributed by atoms with Crippen molar-refractivity contribution in [2.24, 2.45) is 5.92 Å². The van der Waals surface area contributed by atoms with Crippen molar-refractivity contribution in [3.05, 3.63) is 65.5 Å². The standard InChI is InChI=1S/C20H22N2O3/c1-14-4-6-16(7-5-14)19-17(20(24)25)8-9-18(23)22(19)12-10-15-3-2-11-21-13-15/h2-7,11,13,17,19H,8-10,12H2,1H3,(H,24,25)/t17-,19+/m1/s1. The first-order chi connectivity index (χ1) is 12.1. The molecule has 2 heterocycles. The first-order valence-corrected chi connectivity index (χ1v) is 8.54. The third kappa shape index (κ3) is 3.87. The van der Waals surface area contributed by atoms with Gasteiger partial charge in [-0.3, -0.25) is 14.6 Å². The number of aryl methyl sites for hydroxylation is 1. The largest absolute Gasteiger partial charge is 0.481 e. The smallest absolute Gasteiger partial charge is 0.308 e. The molecule has 0 spiro atoms. The Morgan fingerprint density at radius 2 is 2.04 bits per heavy atom. The monoisotopic (exact) mass is 338 g/mol. The second-order valence-corrected chi connectivity index (χ2v) is 6.54. The number of likely N-dealkylation sites (tertiary alicyclic amines) is 1. The minimum absolute atomic E-state index is 0.0203. The summed E-state index contributed by atoms with van der Waals surface area (Å²) in [6.45, 7) is 2.48. The molecular weight excluding hydrogens is 316 g/mol. The zero-order valence-corrected chi connectivity index (χ0v) is 14.3. The van der Waals surface area contributed by atoms with Gasteiger partial charge in [-0.1, -0.05) is 35.9 Å². The van der Waals surface area contributed by atoms with Crippen molar-refractivity contribution in [2.45, 2.75) is 32.2 Å². The van der Waals surface area contributed by atoms with Crippen LogP contribution in [0.15, 0.2) is 48.8 Å². The number of nitrogens with zero attached hydrogens (tertiary/aromatic N) is 2. The van der Waals surface area contributed by atoms with Crippen molar-refractivity contribution in [3.8, 4) is 0 Å². The van der Waals surface area contributed by atoms with Gasteiger partial charge in [0.1, 0.15) is 0 Å². The molecule has 1 amide bonds. The summed E-state index contributed by atoms with van der Waals surface area (Å²) in [4.78, 5) is 30.2. The third-order valence-electron chi connectivity index (χ3n) is 4.81. The lowest BCUT2D eigenvalue weighted by Crippen LogP contribution is -2.46. The lowest BCUT2D eigenvalue weighted by atomic mass is 9.84. The summed E-state index contributed by atoms with van der Waals surface area (Å²) in [6, 6.07) is 11.2.